The summed E-state index contributed by atoms with van der Waals surface area (Å²) in [7, 11) is -3.61. The molecule has 0 amide bonds. The summed E-state index contributed by atoms with van der Waals surface area (Å²) in [6.45, 7) is 0.426. The molecule has 3 N–H and O–H groups in total. The van der Waals surface area contributed by atoms with Crippen molar-refractivity contribution in [1.29, 1.82) is 0 Å². The predicted molar refractivity (Wildman–Crippen MR) is 72.6 cm³/mol. The first-order chi connectivity index (χ1) is 9.03. The van der Waals surface area contributed by atoms with E-state index in [0.717, 1.165) is 5.56 Å². The van der Waals surface area contributed by atoms with Crippen LogP contribution >= 0.6 is 15.9 Å². The Labute approximate surface area is 119 Å². The van der Waals surface area contributed by atoms with Gasteiger partial charge in [-0.1, -0.05) is 11.2 Å². The first kappa shape index (κ1) is 14.2. The van der Waals surface area contributed by atoms with E-state index in [-0.39, 0.29) is 11.4 Å². The molecule has 0 aliphatic rings. The highest BCUT2D eigenvalue weighted by Gasteiger charge is 2.17. The number of hydrogen-bond donors (Lipinski definition) is 2. The minimum atomic E-state index is -3.61. The largest absolute Gasteiger partial charge is 0.364 e. The van der Waals surface area contributed by atoms with Gasteiger partial charge in [0.25, 0.3) is 0 Å². The van der Waals surface area contributed by atoms with Crippen LogP contribution in [0.3, 0.4) is 0 Å². The van der Waals surface area contributed by atoms with E-state index in [2.05, 4.69) is 30.3 Å². The van der Waals surface area contributed by atoms with Crippen molar-refractivity contribution in [1.82, 2.24) is 9.88 Å². The SMILES string of the molecule is NCc1ccc(S(=O)(=O)NCc2ccon2)c(Br)c1. The Morgan fingerprint density at radius 2 is 2.16 bits per heavy atom. The van der Waals surface area contributed by atoms with E-state index in [4.69, 9.17) is 5.73 Å². The van der Waals surface area contributed by atoms with Gasteiger partial charge in [0, 0.05) is 17.1 Å². The maximum absolute atomic E-state index is 12.1. The van der Waals surface area contributed by atoms with Gasteiger partial charge in [0.2, 0.25) is 10.0 Å². The zero-order valence-corrected chi connectivity index (χ0v) is 12.2. The first-order valence-electron chi connectivity index (χ1n) is 5.40. The molecule has 0 saturated carbocycles. The molecule has 0 fully saturated rings. The summed E-state index contributed by atoms with van der Waals surface area (Å²) in [5, 5.41) is 3.63. The summed E-state index contributed by atoms with van der Waals surface area (Å²) < 4.78 is 31.8. The van der Waals surface area contributed by atoms with Crippen LogP contribution in [0.1, 0.15) is 11.3 Å². The summed E-state index contributed by atoms with van der Waals surface area (Å²) >= 11 is 3.23. The molecule has 102 valence electrons. The van der Waals surface area contributed by atoms with Crippen molar-refractivity contribution in [3.8, 4) is 0 Å². The number of benzene rings is 1. The van der Waals surface area contributed by atoms with E-state index in [9.17, 15) is 8.42 Å². The molecule has 0 aliphatic heterocycles. The maximum atomic E-state index is 12.1. The molecule has 2 aromatic rings. The minimum Gasteiger partial charge on any atom is -0.364 e. The number of nitrogens with one attached hydrogen (secondary N) is 1. The van der Waals surface area contributed by atoms with Gasteiger partial charge in [-0.05, 0) is 33.6 Å². The quantitative estimate of drug-likeness (QED) is 0.852. The van der Waals surface area contributed by atoms with Crippen molar-refractivity contribution in [2.24, 2.45) is 5.73 Å². The van der Waals surface area contributed by atoms with E-state index < -0.39 is 10.0 Å². The number of halogens is 1. The van der Waals surface area contributed by atoms with Gasteiger partial charge in [0.05, 0.1) is 17.1 Å². The van der Waals surface area contributed by atoms with E-state index >= 15 is 0 Å². The molecule has 19 heavy (non-hydrogen) atoms. The molecule has 0 radical (unpaired) electrons. The molecule has 0 unspecified atom stereocenters. The molecule has 0 spiro atoms. The van der Waals surface area contributed by atoms with Crippen LogP contribution in [0.2, 0.25) is 0 Å². The number of nitrogens with two attached hydrogens (primary N) is 1. The lowest BCUT2D eigenvalue weighted by Gasteiger charge is -2.08. The zero-order chi connectivity index (χ0) is 13.9. The average Bonchev–Trinajstić information content (AvgIpc) is 2.89. The van der Waals surface area contributed by atoms with Gasteiger partial charge < -0.3 is 10.3 Å². The summed E-state index contributed by atoms with van der Waals surface area (Å²) in [4.78, 5) is 0.160. The molecule has 0 atom stereocenters. The third kappa shape index (κ3) is 3.41. The number of rotatable bonds is 5. The third-order valence-corrected chi connectivity index (χ3v) is 4.83. The Balaban J connectivity index is 2.19. The van der Waals surface area contributed by atoms with Crippen molar-refractivity contribution < 1.29 is 12.9 Å². The Kier molecular flexibility index (Phi) is 4.35. The van der Waals surface area contributed by atoms with Gasteiger partial charge >= 0.3 is 0 Å². The summed E-state index contributed by atoms with van der Waals surface area (Å²) in [6.07, 6.45) is 1.38. The molecule has 1 heterocycles. The van der Waals surface area contributed by atoms with Gasteiger partial charge in [-0.3, -0.25) is 0 Å². The molecule has 0 saturated heterocycles. The second kappa shape index (κ2) is 5.83. The molecule has 1 aromatic carbocycles. The Hall–Kier alpha value is -1.22. The third-order valence-electron chi connectivity index (χ3n) is 2.46. The molecule has 0 aliphatic carbocycles. The lowest BCUT2D eigenvalue weighted by Crippen LogP contribution is -2.23. The van der Waals surface area contributed by atoms with Crippen LogP contribution in [-0.2, 0) is 23.1 Å². The summed E-state index contributed by atoms with van der Waals surface area (Å²) in [5.74, 6) is 0. The molecular weight excluding hydrogens is 334 g/mol. The van der Waals surface area contributed by atoms with Crippen LogP contribution in [0.5, 0.6) is 0 Å². The topological polar surface area (TPSA) is 98.2 Å². The molecule has 8 heteroatoms. The van der Waals surface area contributed by atoms with Crippen molar-refractivity contribution in [2.45, 2.75) is 18.0 Å². The van der Waals surface area contributed by atoms with Crippen molar-refractivity contribution >= 4 is 26.0 Å². The fraction of sp³-hybridized carbons (Fsp3) is 0.182. The summed E-state index contributed by atoms with van der Waals surface area (Å²) in [5.41, 5.74) is 6.86. The lowest BCUT2D eigenvalue weighted by atomic mass is 10.2. The highest BCUT2D eigenvalue weighted by Crippen LogP contribution is 2.23. The van der Waals surface area contributed by atoms with Gasteiger partial charge in [0.1, 0.15) is 6.26 Å². The van der Waals surface area contributed by atoms with Gasteiger partial charge in [-0.15, -0.1) is 0 Å². The highest BCUT2D eigenvalue weighted by atomic mass is 79.9. The molecule has 0 bridgehead atoms. The zero-order valence-electron chi connectivity index (χ0n) is 9.84. The number of nitrogens with zero attached hydrogens (tertiary/aromatic N) is 1. The van der Waals surface area contributed by atoms with E-state index in [1.807, 2.05) is 0 Å². The van der Waals surface area contributed by atoms with Crippen LogP contribution in [0.15, 0.2) is 44.4 Å². The fourth-order valence-corrected chi connectivity index (χ4v) is 3.59. The van der Waals surface area contributed by atoms with Crippen LogP contribution in [-0.4, -0.2) is 13.6 Å². The van der Waals surface area contributed by atoms with Crippen LogP contribution in [0.4, 0.5) is 0 Å². The van der Waals surface area contributed by atoms with Crippen molar-refractivity contribution in [3.05, 3.63) is 46.3 Å². The van der Waals surface area contributed by atoms with E-state index in [1.54, 1.807) is 18.2 Å². The average molecular weight is 346 g/mol. The van der Waals surface area contributed by atoms with Gasteiger partial charge in [0.15, 0.2) is 0 Å². The second-order valence-electron chi connectivity index (χ2n) is 3.78. The van der Waals surface area contributed by atoms with E-state index in [0.29, 0.717) is 16.7 Å². The molecule has 2 rings (SSSR count). The van der Waals surface area contributed by atoms with Crippen molar-refractivity contribution in [3.63, 3.8) is 0 Å². The van der Waals surface area contributed by atoms with Crippen LogP contribution in [0.25, 0.3) is 0 Å². The number of hydrogen-bond acceptors (Lipinski definition) is 5. The number of sulfonamides is 1. The molecule has 1 aromatic heterocycles. The standard InChI is InChI=1S/C11H12BrN3O3S/c12-10-5-8(6-13)1-2-11(10)19(16,17)14-7-9-3-4-18-15-9/h1-5,14H,6-7,13H2. The molecular formula is C11H12BrN3O3S. The first-order valence-corrected chi connectivity index (χ1v) is 7.68. The Bertz CT molecular complexity index is 656. The van der Waals surface area contributed by atoms with E-state index in [1.165, 1.54) is 12.3 Å². The lowest BCUT2D eigenvalue weighted by molar-refractivity contribution is 0.411. The monoisotopic (exact) mass is 345 g/mol. The van der Waals surface area contributed by atoms with Gasteiger partial charge in [-0.2, -0.15) is 0 Å². The van der Waals surface area contributed by atoms with Crippen molar-refractivity contribution in [2.75, 3.05) is 0 Å². The summed E-state index contributed by atoms with van der Waals surface area (Å²) in [6, 6.07) is 6.46. The minimum absolute atomic E-state index is 0.0733. The Morgan fingerprint density at radius 1 is 1.37 bits per heavy atom. The predicted octanol–water partition coefficient (Wildman–Crippen LogP) is 1.37. The second-order valence-corrected chi connectivity index (χ2v) is 6.37. The highest BCUT2D eigenvalue weighted by molar-refractivity contribution is 9.10. The molecule has 6 nitrogen and oxygen atoms in total. The normalized spacial score (nSPS) is 11.7. The van der Waals surface area contributed by atoms with Crippen LogP contribution in [0, 0.1) is 0 Å². The fourth-order valence-electron chi connectivity index (χ4n) is 1.46. The van der Waals surface area contributed by atoms with Crippen LogP contribution < -0.4 is 10.5 Å². The Morgan fingerprint density at radius 3 is 2.74 bits per heavy atom. The maximum Gasteiger partial charge on any atom is 0.242 e. The number of aromatic nitrogens is 1. The van der Waals surface area contributed by atoms with Gasteiger partial charge in [-0.25, -0.2) is 13.1 Å². The smallest absolute Gasteiger partial charge is 0.242 e.